The molecule has 3 fully saturated rings. The zero-order valence-corrected chi connectivity index (χ0v) is 41.1. The fraction of sp³-hybridized carbons (Fsp3) is 0.517. The normalized spacial score (nSPS) is 18.4. The summed E-state index contributed by atoms with van der Waals surface area (Å²) in [5.74, 6) is 13.2. The average Bonchev–Trinajstić information content (AvgIpc) is 3.96. The number of hydrogen-bond acceptors (Lipinski definition) is 5. The quantitative estimate of drug-likeness (QED) is 0.115. The molecule has 0 unspecified atom stereocenters. The first-order valence-corrected chi connectivity index (χ1v) is 24.2. The van der Waals surface area contributed by atoms with Gasteiger partial charge in [-0.2, -0.15) is 0 Å². The van der Waals surface area contributed by atoms with Crippen molar-refractivity contribution in [2.24, 2.45) is 0 Å². The van der Waals surface area contributed by atoms with Crippen molar-refractivity contribution in [2.45, 2.75) is 193 Å². The lowest BCUT2D eigenvalue weighted by Crippen LogP contribution is -2.41. The third-order valence-corrected chi connectivity index (χ3v) is 15.8. The van der Waals surface area contributed by atoms with E-state index >= 15 is 0 Å². The molecule has 2 saturated carbocycles. The number of rotatable bonds is 9. The van der Waals surface area contributed by atoms with Gasteiger partial charge in [0.1, 0.15) is 17.0 Å². The van der Waals surface area contributed by atoms with Gasteiger partial charge in [-0.05, 0) is 195 Å². The van der Waals surface area contributed by atoms with Crippen molar-refractivity contribution in [3.8, 4) is 29.4 Å². The molecule has 3 N–H and O–H groups in total. The molecule has 4 aromatic rings. The van der Waals surface area contributed by atoms with Crippen molar-refractivity contribution in [3.63, 3.8) is 0 Å². The third-order valence-electron chi connectivity index (χ3n) is 15.8. The van der Waals surface area contributed by atoms with E-state index in [9.17, 15) is 15.3 Å². The minimum Gasteiger partial charge on any atom is -0.508 e. The number of hydrogen-bond donors (Lipinski definition) is 3. The van der Waals surface area contributed by atoms with Gasteiger partial charge in [-0.25, -0.2) is 0 Å². The van der Waals surface area contributed by atoms with Gasteiger partial charge in [-0.3, -0.25) is 0 Å². The summed E-state index contributed by atoms with van der Waals surface area (Å²) in [6, 6.07) is 26.0. The van der Waals surface area contributed by atoms with E-state index in [0.717, 1.165) is 105 Å². The number of phenols is 1. The Morgan fingerprint density at radius 1 is 0.516 bits per heavy atom. The Balaban J connectivity index is 0.000000219. The van der Waals surface area contributed by atoms with E-state index in [1.165, 1.54) is 33.4 Å². The molecule has 0 amide bonds. The Morgan fingerprint density at radius 3 is 1.20 bits per heavy atom. The monoisotopic (exact) mass is 863 g/mol. The van der Waals surface area contributed by atoms with Gasteiger partial charge < -0.3 is 24.6 Å². The summed E-state index contributed by atoms with van der Waals surface area (Å²) < 4.78 is 12.7. The summed E-state index contributed by atoms with van der Waals surface area (Å²) >= 11 is 0. The first-order chi connectivity index (χ1) is 30.2. The summed E-state index contributed by atoms with van der Waals surface area (Å²) in [4.78, 5) is 0. The number of aryl methyl sites for hydroxylation is 4. The summed E-state index contributed by atoms with van der Waals surface area (Å²) in [5.41, 5.74) is 10.2. The van der Waals surface area contributed by atoms with Gasteiger partial charge in [0, 0.05) is 22.0 Å². The maximum absolute atomic E-state index is 10.6. The molecule has 1 aliphatic heterocycles. The zero-order chi connectivity index (χ0) is 46.7. The van der Waals surface area contributed by atoms with E-state index in [2.05, 4.69) is 161 Å². The van der Waals surface area contributed by atoms with E-state index in [1.54, 1.807) is 6.07 Å². The molecule has 0 aromatic heterocycles. The molecular weight excluding hydrogens is 787 g/mol. The summed E-state index contributed by atoms with van der Waals surface area (Å²) in [5, 5.41) is 31.1. The van der Waals surface area contributed by atoms with Gasteiger partial charge in [0.2, 0.25) is 0 Å². The molecule has 2 aliphatic carbocycles. The highest BCUT2D eigenvalue weighted by molar-refractivity contribution is 6.62. The van der Waals surface area contributed by atoms with Crippen LogP contribution in [0.3, 0.4) is 0 Å². The highest BCUT2D eigenvalue weighted by Crippen LogP contribution is 2.43. The van der Waals surface area contributed by atoms with Crippen LogP contribution in [0.25, 0.3) is 0 Å². The van der Waals surface area contributed by atoms with Crippen LogP contribution in [0.15, 0.2) is 72.8 Å². The Morgan fingerprint density at radius 2 is 0.859 bits per heavy atom. The fourth-order valence-electron chi connectivity index (χ4n) is 10.4. The number of phenolic OH excluding ortho intramolecular Hbond substituents is 1. The van der Waals surface area contributed by atoms with Gasteiger partial charge in [-0.15, -0.1) is 0 Å². The Labute approximate surface area is 386 Å². The predicted octanol–water partition coefficient (Wildman–Crippen LogP) is 12.1. The van der Waals surface area contributed by atoms with E-state index in [-0.39, 0.29) is 29.2 Å². The molecule has 340 valence electrons. The van der Waals surface area contributed by atoms with Gasteiger partial charge in [0.25, 0.3) is 0 Å². The molecule has 1 saturated heterocycles. The molecule has 0 bridgehead atoms. The molecule has 1 heterocycles. The molecule has 64 heavy (non-hydrogen) atoms. The van der Waals surface area contributed by atoms with E-state index < -0.39 is 11.2 Å². The summed E-state index contributed by atoms with van der Waals surface area (Å²) in [6.45, 7) is 25.7. The third kappa shape index (κ3) is 9.93. The summed E-state index contributed by atoms with van der Waals surface area (Å²) in [7, 11) is -0.350. The van der Waals surface area contributed by atoms with E-state index in [4.69, 9.17) is 9.31 Å². The van der Waals surface area contributed by atoms with Gasteiger partial charge in [-0.1, -0.05) is 112 Å². The van der Waals surface area contributed by atoms with Gasteiger partial charge >= 0.3 is 7.12 Å². The average molecular weight is 863 g/mol. The van der Waals surface area contributed by atoms with Crippen molar-refractivity contribution in [2.75, 3.05) is 0 Å². The Bertz CT molecular complexity index is 2400. The molecule has 0 radical (unpaired) electrons. The van der Waals surface area contributed by atoms with Crippen LogP contribution in [0.2, 0.25) is 0 Å². The molecule has 4 aromatic carbocycles. The highest BCUT2D eigenvalue weighted by Gasteiger charge is 2.52. The minimum absolute atomic E-state index is 0.0837. The first kappa shape index (κ1) is 49.1. The van der Waals surface area contributed by atoms with Crippen LogP contribution in [0.4, 0.5) is 0 Å². The Hall–Kier alpha value is -4.30. The van der Waals surface area contributed by atoms with Crippen LogP contribution in [-0.2, 0) is 20.1 Å². The molecular formula is C58H75BO5. The topological polar surface area (TPSA) is 79.2 Å². The van der Waals surface area contributed by atoms with Crippen molar-refractivity contribution >= 4 is 12.6 Å². The predicted molar refractivity (Wildman–Crippen MR) is 265 cm³/mol. The molecule has 0 atom stereocenters. The van der Waals surface area contributed by atoms with E-state index in [1.807, 2.05) is 13.0 Å². The van der Waals surface area contributed by atoms with Crippen molar-refractivity contribution in [1.82, 2.24) is 0 Å². The highest BCUT2D eigenvalue weighted by atomic mass is 16.7. The smallest absolute Gasteiger partial charge is 0.495 e. The molecule has 6 heteroatoms. The molecule has 7 rings (SSSR count). The SMILES string of the molecule is CCC(CC)(c1ccc(C#CC2(O)CCCC2)c(C)c1)c1ccc(B2OC(C)(C)C(C)(C)O2)c(C)c1.CCC(CC)(c1ccc(O)c(C)c1)c1ccc(C#CC2(O)CCCC2)c(C)c1. The van der Waals surface area contributed by atoms with Gasteiger partial charge in [0.15, 0.2) is 0 Å². The number of aliphatic hydroxyl groups is 2. The van der Waals surface area contributed by atoms with Crippen LogP contribution in [-0.4, -0.2) is 44.8 Å². The first-order valence-electron chi connectivity index (χ1n) is 24.2. The van der Waals surface area contributed by atoms with Crippen LogP contribution >= 0.6 is 0 Å². The van der Waals surface area contributed by atoms with Gasteiger partial charge in [0.05, 0.1) is 11.2 Å². The van der Waals surface area contributed by atoms with Crippen LogP contribution in [0.5, 0.6) is 5.75 Å². The standard InChI is InChI=1S/C32H43BO3.C26H32O2/c1-9-32(10-2,26-14-13-25(23(3)21-26)17-20-31(34)18-11-12-19-31)27-15-16-28(24(4)22-27)33-35-29(5,6)30(7,8)36-33;1-5-26(6-2,23-11-12-24(27)20(4)18-23)22-10-9-21(19(3)17-22)13-16-25(28)14-7-8-15-25/h13-16,21-22,34H,9-12,18-19H2,1-8H3;9-12,17-18,27-28H,5-8,14-15H2,1-4H3. The maximum atomic E-state index is 10.6. The minimum atomic E-state index is -0.807. The van der Waals surface area contributed by atoms with Crippen molar-refractivity contribution in [1.29, 1.82) is 0 Å². The molecule has 0 spiro atoms. The summed E-state index contributed by atoms with van der Waals surface area (Å²) in [6.07, 6.45) is 11.4. The fourth-order valence-corrected chi connectivity index (χ4v) is 10.4. The number of benzene rings is 4. The van der Waals surface area contributed by atoms with Crippen LogP contribution in [0.1, 0.15) is 188 Å². The second-order valence-corrected chi connectivity index (χ2v) is 20.3. The lowest BCUT2D eigenvalue weighted by atomic mass is 9.68. The zero-order valence-electron chi connectivity index (χ0n) is 41.1. The lowest BCUT2D eigenvalue weighted by molar-refractivity contribution is 0.00578. The second kappa shape index (κ2) is 19.3. The Kier molecular flexibility index (Phi) is 14.8. The number of aromatic hydroxyl groups is 1. The van der Waals surface area contributed by atoms with Crippen LogP contribution < -0.4 is 5.46 Å². The van der Waals surface area contributed by atoms with E-state index in [0.29, 0.717) is 5.75 Å². The molecule has 3 aliphatic rings. The molecule has 5 nitrogen and oxygen atoms in total. The largest absolute Gasteiger partial charge is 0.508 e. The second-order valence-electron chi connectivity index (χ2n) is 20.3. The maximum Gasteiger partial charge on any atom is 0.495 e. The van der Waals surface area contributed by atoms with Crippen molar-refractivity contribution < 1.29 is 24.6 Å². The lowest BCUT2D eigenvalue weighted by Gasteiger charge is -2.34. The van der Waals surface area contributed by atoms with Crippen LogP contribution in [0, 0.1) is 51.4 Å². The van der Waals surface area contributed by atoms with Crippen molar-refractivity contribution in [3.05, 3.63) is 128 Å².